The second-order valence-electron chi connectivity index (χ2n) is 5.78. The molecule has 20 heavy (non-hydrogen) atoms. The van der Waals surface area contributed by atoms with Gasteiger partial charge in [-0.15, -0.1) is 10.2 Å². The zero-order chi connectivity index (χ0) is 14.4. The Bertz CT molecular complexity index is 422. The molecule has 0 radical (unpaired) electrons. The minimum absolute atomic E-state index is 0.00908. The first-order valence-electron chi connectivity index (χ1n) is 7.53. The molecule has 1 N–H and O–H groups in total. The molecule has 0 unspecified atom stereocenters. The molecule has 1 saturated heterocycles. The first-order chi connectivity index (χ1) is 9.66. The van der Waals surface area contributed by atoms with Gasteiger partial charge in [-0.05, 0) is 30.9 Å². The summed E-state index contributed by atoms with van der Waals surface area (Å²) < 4.78 is 0. The van der Waals surface area contributed by atoms with Gasteiger partial charge in [0.1, 0.15) is 5.82 Å². The van der Waals surface area contributed by atoms with Crippen molar-refractivity contribution in [2.24, 2.45) is 5.92 Å². The lowest BCUT2D eigenvalue weighted by molar-refractivity contribution is 0.0754. The minimum atomic E-state index is 0.00908. The van der Waals surface area contributed by atoms with Crippen molar-refractivity contribution in [1.82, 2.24) is 15.1 Å². The van der Waals surface area contributed by atoms with E-state index in [1.165, 1.54) is 12.8 Å². The van der Waals surface area contributed by atoms with Crippen molar-refractivity contribution >= 4 is 11.7 Å². The van der Waals surface area contributed by atoms with Crippen molar-refractivity contribution < 1.29 is 4.79 Å². The quantitative estimate of drug-likeness (QED) is 0.918. The van der Waals surface area contributed by atoms with Crippen molar-refractivity contribution in [3.63, 3.8) is 0 Å². The molecule has 0 spiro atoms. The molecule has 1 aromatic rings. The summed E-state index contributed by atoms with van der Waals surface area (Å²) in [4.78, 5) is 14.2. The van der Waals surface area contributed by atoms with Gasteiger partial charge in [0, 0.05) is 19.6 Å². The molecule has 2 heterocycles. The van der Waals surface area contributed by atoms with Crippen LogP contribution in [0, 0.1) is 5.92 Å². The van der Waals surface area contributed by atoms with Crippen molar-refractivity contribution in [2.45, 2.75) is 39.5 Å². The molecule has 1 aliphatic rings. The van der Waals surface area contributed by atoms with E-state index in [-0.39, 0.29) is 5.91 Å². The first kappa shape index (κ1) is 14.8. The molecule has 0 bridgehead atoms. The first-order valence-corrected chi connectivity index (χ1v) is 7.53. The van der Waals surface area contributed by atoms with E-state index in [1.807, 2.05) is 11.0 Å². The number of hydrogen-bond donors (Lipinski definition) is 1. The SMILES string of the molecule is CC(C)CNc1ccc(C(=O)N2CCCCCC2)nn1. The monoisotopic (exact) mass is 276 g/mol. The standard InChI is InChI=1S/C15H24N4O/c1-12(2)11-16-14-8-7-13(17-18-14)15(20)19-9-5-3-4-6-10-19/h7-8,12H,3-6,9-11H2,1-2H3,(H,16,18). The van der Waals surface area contributed by atoms with Gasteiger partial charge < -0.3 is 10.2 Å². The fourth-order valence-electron chi connectivity index (χ4n) is 2.29. The maximum Gasteiger partial charge on any atom is 0.274 e. The summed E-state index contributed by atoms with van der Waals surface area (Å²) in [6.07, 6.45) is 4.61. The van der Waals surface area contributed by atoms with Crippen LogP contribution in [-0.2, 0) is 0 Å². The van der Waals surface area contributed by atoms with Gasteiger partial charge >= 0.3 is 0 Å². The third kappa shape index (κ3) is 4.18. The summed E-state index contributed by atoms with van der Waals surface area (Å²) in [5, 5.41) is 11.3. The highest BCUT2D eigenvalue weighted by Gasteiger charge is 2.18. The Kier molecular flexibility index (Phi) is 5.32. The van der Waals surface area contributed by atoms with E-state index in [2.05, 4.69) is 29.4 Å². The lowest BCUT2D eigenvalue weighted by Crippen LogP contribution is -2.32. The van der Waals surface area contributed by atoms with E-state index in [0.717, 1.165) is 38.3 Å². The lowest BCUT2D eigenvalue weighted by Gasteiger charge is -2.19. The molecule has 1 aromatic heterocycles. The van der Waals surface area contributed by atoms with E-state index in [0.29, 0.717) is 11.6 Å². The van der Waals surface area contributed by atoms with Crippen molar-refractivity contribution in [1.29, 1.82) is 0 Å². The van der Waals surface area contributed by atoms with E-state index < -0.39 is 0 Å². The number of aromatic nitrogens is 2. The van der Waals surface area contributed by atoms with E-state index in [1.54, 1.807) is 6.07 Å². The predicted octanol–water partition coefficient (Wildman–Crippen LogP) is 2.56. The highest BCUT2D eigenvalue weighted by molar-refractivity contribution is 5.92. The van der Waals surface area contributed by atoms with Gasteiger partial charge in [-0.1, -0.05) is 26.7 Å². The van der Waals surface area contributed by atoms with Gasteiger partial charge in [-0.2, -0.15) is 0 Å². The van der Waals surface area contributed by atoms with Gasteiger partial charge in [0.2, 0.25) is 0 Å². The zero-order valence-electron chi connectivity index (χ0n) is 12.4. The number of nitrogens with one attached hydrogen (secondary N) is 1. The number of anilines is 1. The molecule has 1 aliphatic heterocycles. The van der Waals surface area contributed by atoms with Crippen LogP contribution in [0.25, 0.3) is 0 Å². The third-order valence-electron chi connectivity index (χ3n) is 3.47. The van der Waals surface area contributed by atoms with E-state index >= 15 is 0 Å². The molecule has 0 atom stereocenters. The second kappa shape index (κ2) is 7.22. The maximum absolute atomic E-state index is 12.3. The largest absolute Gasteiger partial charge is 0.368 e. The van der Waals surface area contributed by atoms with Crippen LogP contribution in [0.4, 0.5) is 5.82 Å². The molecule has 0 aromatic carbocycles. The fourth-order valence-corrected chi connectivity index (χ4v) is 2.29. The topological polar surface area (TPSA) is 58.1 Å². The van der Waals surface area contributed by atoms with Crippen LogP contribution in [0.3, 0.4) is 0 Å². The number of carbonyl (C=O) groups is 1. The smallest absolute Gasteiger partial charge is 0.274 e. The van der Waals surface area contributed by atoms with Crippen LogP contribution in [0.15, 0.2) is 12.1 Å². The van der Waals surface area contributed by atoms with Crippen LogP contribution in [-0.4, -0.2) is 40.6 Å². The zero-order valence-corrected chi connectivity index (χ0v) is 12.4. The number of hydrogen-bond acceptors (Lipinski definition) is 4. The molecule has 1 fully saturated rings. The normalized spacial score (nSPS) is 16.1. The average Bonchev–Trinajstić information content (AvgIpc) is 2.74. The van der Waals surface area contributed by atoms with Crippen molar-refractivity contribution in [3.05, 3.63) is 17.8 Å². The molecule has 0 saturated carbocycles. The molecular formula is C15H24N4O. The number of carbonyl (C=O) groups excluding carboxylic acids is 1. The molecule has 0 aliphatic carbocycles. The van der Waals surface area contributed by atoms with Gasteiger partial charge in [0.15, 0.2) is 5.69 Å². The van der Waals surface area contributed by atoms with Crippen LogP contribution >= 0.6 is 0 Å². The van der Waals surface area contributed by atoms with E-state index in [4.69, 9.17) is 0 Å². The van der Waals surface area contributed by atoms with Gasteiger partial charge in [0.25, 0.3) is 5.91 Å². The third-order valence-corrected chi connectivity index (χ3v) is 3.47. The van der Waals surface area contributed by atoms with Crippen LogP contribution in [0.5, 0.6) is 0 Å². The Morgan fingerprint density at radius 1 is 1.20 bits per heavy atom. The summed E-state index contributed by atoms with van der Waals surface area (Å²) >= 11 is 0. The summed E-state index contributed by atoms with van der Waals surface area (Å²) in [5.41, 5.74) is 0.446. The molecule has 1 amide bonds. The molecule has 5 heteroatoms. The van der Waals surface area contributed by atoms with Crippen LogP contribution < -0.4 is 5.32 Å². The number of amides is 1. The average molecular weight is 276 g/mol. The lowest BCUT2D eigenvalue weighted by atomic mass is 10.2. The van der Waals surface area contributed by atoms with Crippen LogP contribution in [0.2, 0.25) is 0 Å². The second-order valence-corrected chi connectivity index (χ2v) is 5.78. The van der Waals surface area contributed by atoms with Crippen molar-refractivity contribution in [3.8, 4) is 0 Å². The Balaban J connectivity index is 1.96. The Labute approximate surface area is 120 Å². The Hall–Kier alpha value is -1.65. The number of rotatable bonds is 4. The molecular weight excluding hydrogens is 252 g/mol. The van der Waals surface area contributed by atoms with E-state index in [9.17, 15) is 4.79 Å². The van der Waals surface area contributed by atoms with Gasteiger partial charge in [-0.25, -0.2) is 0 Å². The number of likely N-dealkylation sites (tertiary alicyclic amines) is 1. The maximum atomic E-state index is 12.3. The highest BCUT2D eigenvalue weighted by atomic mass is 16.2. The summed E-state index contributed by atoms with van der Waals surface area (Å²) in [6.45, 7) is 6.81. The highest BCUT2D eigenvalue weighted by Crippen LogP contribution is 2.13. The minimum Gasteiger partial charge on any atom is -0.368 e. The summed E-state index contributed by atoms with van der Waals surface area (Å²) in [5.74, 6) is 1.29. The Morgan fingerprint density at radius 2 is 1.90 bits per heavy atom. The predicted molar refractivity (Wildman–Crippen MR) is 79.7 cm³/mol. The molecule has 5 nitrogen and oxygen atoms in total. The number of nitrogens with zero attached hydrogens (tertiary/aromatic N) is 3. The molecule has 110 valence electrons. The Morgan fingerprint density at radius 3 is 2.45 bits per heavy atom. The van der Waals surface area contributed by atoms with Crippen LogP contribution in [0.1, 0.15) is 50.0 Å². The summed E-state index contributed by atoms with van der Waals surface area (Å²) in [7, 11) is 0. The summed E-state index contributed by atoms with van der Waals surface area (Å²) in [6, 6.07) is 3.60. The van der Waals surface area contributed by atoms with Crippen molar-refractivity contribution in [2.75, 3.05) is 25.0 Å². The van der Waals surface area contributed by atoms with Gasteiger partial charge in [0.05, 0.1) is 0 Å². The molecule has 2 rings (SSSR count). The fraction of sp³-hybridized carbons (Fsp3) is 0.667. The van der Waals surface area contributed by atoms with Gasteiger partial charge in [-0.3, -0.25) is 4.79 Å².